The number of halogens is 1. The summed E-state index contributed by atoms with van der Waals surface area (Å²) in [6.45, 7) is 2.78. The number of rotatable bonds is 6. The number of amides is 1. The molecule has 0 radical (unpaired) electrons. The Balaban J connectivity index is 1.45. The first kappa shape index (κ1) is 26.0. The third-order valence-electron chi connectivity index (χ3n) is 6.44. The molecule has 4 heterocycles. The van der Waals surface area contributed by atoms with Crippen molar-refractivity contribution in [1.29, 1.82) is 0 Å². The van der Waals surface area contributed by atoms with Crippen molar-refractivity contribution in [1.82, 2.24) is 28.7 Å². The van der Waals surface area contributed by atoms with Crippen LogP contribution in [0, 0.1) is 5.82 Å². The monoisotopic (exact) mass is 560 g/mol. The normalized spacial score (nSPS) is 14.9. The number of nitrogens with zero attached hydrogens (tertiary/aromatic N) is 6. The molecule has 200 valence electrons. The van der Waals surface area contributed by atoms with E-state index in [9.17, 15) is 27.5 Å². The number of aromatic nitrogens is 4. The Labute approximate surface area is 221 Å². The van der Waals surface area contributed by atoms with Gasteiger partial charge in [0.2, 0.25) is 17.4 Å². The number of sulfone groups is 1. The van der Waals surface area contributed by atoms with Gasteiger partial charge in [-0.25, -0.2) is 27.2 Å². The van der Waals surface area contributed by atoms with Gasteiger partial charge in [-0.05, 0) is 24.7 Å². The summed E-state index contributed by atoms with van der Waals surface area (Å²) in [7, 11) is -1.67. The molecule has 0 saturated carbocycles. The van der Waals surface area contributed by atoms with Crippen LogP contribution in [0.1, 0.15) is 10.4 Å². The largest absolute Gasteiger partial charge is 0.501 e. The molecule has 0 atom stereocenters. The molecule has 0 spiro atoms. The SMILES string of the molecule is CN1CCN(C(=O)Cn2ccn3c(=O)c(O)c(-c4ncc(Cc5ccc(F)cc5S(C)(=O)=O)s4)nc23)CC1. The number of benzene rings is 1. The fourth-order valence-electron chi connectivity index (χ4n) is 4.34. The van der Waals surface area contributed by atoms with Crippen molar-refractivity contribution < 1.29 is 22.7 Å². The standard InChI is InChI=1S/C24H25FN6O5S2/c1-28-5-7-29(8-6-28)19(32)14-30-9-10-31-23(34)21(33)20(27-24(30)31)22-26-13-17(37-22)11-15-3-4-16(25)12-18(15)38(2,35)36/h3-4,9-10,12-13,33H,5-8,11,14H2,1-2H3. The van der Waals surface area contributed by atoms with E-state index in [0.717, 1.165) is 36.7 Å². The smallest absolute Gasteiger partial charge is 0.302 e. The first-order valence-electron chi connectivity index (χ1n) is 11.7. The third-order valence-corrected chi connectivity index (χ3v) is 8.62. The third kappa shape index (κ3) is 5.06. The minimum absolute atomic E-state index is 0.0151. The number of hydrogen-bond donors (Lipinski definition) is 1. The maximum absolute atomic E-state index is 13.7. The summed E-state index contributed by atoms with van der Waals surface area (Å²) in [5.41, 5.74) is -0.348. The van der Waals surface area contributed by atoms with Crippen LogP contribution in [0.5, 0.6) is 5.75 Å². The quantitative estimate of drug-likeness (QED) is 0.373. The number of fused-ring (bicyclic) bond motifs is 1. The predicted octanol–water partition coefficient (Wildman–Crippen LogP) is 1.23. The summed E-state index contributed by atoms with van der Waals surface area (Å²) in [5.74, 6) is -1.17. The highest BCUT2D eigenvalue weighted by Gasteiger charge is 2.23. The molecule has 14 heteroatoms. The van der Waals surface area contributed by atoms with Gasteiger partial charge in [-0.2, -0.15) is 0 Å². The van der Waals surface area contributed by atoms with Crippen LogP contribution in [0.4, 0.5) is 4.39 Å². The van der Waals surface area contributed by atoms with Gasteiger partial charge in [0, 0.05) is 62.3 Å². The van der Waals surface area contributed by atoms with Gasteiger partial charge in [-0.3, -0.25) is 9.59 Å². The lowest BCUT2D eigenvalue weighted by atomic mass is 10.1. The van der Waals surface area contributed by atoms with Crippen molar-refractivity contribution in [3.8, 4) is 16.5 Å². The van der Waals surface area contributed by atoms with Crippen molar-refractivity contribution in [3.05, 3.63) is 63.4 Å². The highest BCUT2D eigenvalue weighted by Crippen LogP contribution is 2.31. The highest BCUT2D eigenvalue weighted by molar-refractivity contribution is 7.90. The Hall–Kier alpha value is -3.62. The van der Waals surface area contributed by atoms with E-state index < -0.39 is 27.0 Å². The van der Waals surface area contributed by atoms with Crippen LogP contribution < -0.4 is 5.56 Å². The zero-order valence-corrected chi connectivity index (χ0v) is 22.3. The molecule has 0 bridgehead atoms. The molecule has 1 aliphatic rings. The number of aromatic hydroxyl groups is 1. The molecule has 38 heavy (non-hydrogen) atoms. The summed E-state index contributed by atoms with van der Waals surface area (Å²) < 4.78 is 40.7. The molecule has 0 aliphatic carbocycles. The Morgan fingerprint density at radius 3 is 2.63 bits per heavy atom. The van der Waals surface area contributed by atoms with Gasteiger partial charge in [-0.1, -0.05) is 6.07 Å². The molecule has 0 unspecified atom stereocenters. The second-order valence-corrected chi connectivity index (χ2v) is 12.3. The lowest BCUT2D eigenvalue weighted by molar-refractivity contribution is -0.133. The van der Waals surface area contributed by atoms with E-state index in [1.54, 1.807) is 15.7 Å². The van der Waals surface area contributed by atoms with Gasteiger partial charge in [0.25, 0.3) is 0 Å². The van der Waals surface area contributed by atoms with E-state index >= 15 is 0 Å². The number of carbonyl (C=O) groups excluding carboxylic acids is 1. The number of piperazine rings is 1. The second-order valence-electron chi connectivity index (χ2n) is 9.23. The van der Waals surface area contributed by atoms with Crippen LogP contribution in [0.25, 0.3) is 16.5 Å². The molecule has 5 rings (SSSR count). The molecule has 1 fully saturated rings. The van der Waals surface area contributed by atoms with Crippen molar-refractivity contribution in [3.63, 3.8) is 0 Å². The van der Waals surface area contributed by atoms with Crippen LogP contribution in [0.2, 0.25) is 0 Å². The number of hydrogen-bond acceptors (Lipinski definition) is 9. The zero-order chi connectivity index (χ0) is 27.2. The molecule has 1 amide bonds. The maximum atomic E-state index is 13.7. The topological polar surface area (TPSA) is 130 Å². The molecule has 1 aliphatic heterocycles. The fourth-order valence-corrected chi connectivity index (χ4v) is 6.21. The van der Waals surface area contributed by atoms with E-state index in [1.165, 1.54) is 28.9 Å². The Morgan fingerprint density at radius 2 is 1.92 bits per heavy atom. The Morgan fingerprint density at radius 1 is 1.18 bits per heavy atom. The van der Waals surface area contributed by atoms with Crippen LogP contribution in [0.15, 0.2) is 46.5 Å². The van der Waals surface area contributed by atoms with Crippen LogP contribution in [-0.2, 0) is 27.6 Å². The van der Waals surface area contributed by atoms with Gasteiger partial charge in [0.15, 0.2) is 15.5 Å². The lowest BCUT2D eigenvalue weighted by Crippen LogP contribution is -2.48. The van der Waals surface area contributed by atoms with E-state index in [1.807, 2.05) is 7.05 Å². The van der Waals surface area contributed by atoms with Crippen molar-refractivity contribution in [2.75, 3.05) is 39.5 Å². The van der Waals surface area contributed by atoms with Crippen LogP contribution >= 0.6 is 11.3 Å². The molecule has 1 saturated heterocycles. The average Bonchev–Trinajstić information content (AvgIpc) is 3.49. The van der Waals surface area contributed by atoms with Gasteiger partial charge < -0.3 is 19.5 Å². The van der Waals surface area contributed by atoms with E-state index in [0.29, 0.717) is 23.5 Å². The van der Waals surface area contributed by atoms with Crippen molar-refractivity contribution in [2.45, 2.75) is 17.9 Å². The van der Waals surface area contributed by atoms with E-state index in [4.69, 9.17) is 0 Å². The Bertz CT molecular complexity index is 1700. The first-order valence-corrected chi connectivity index (χ1v) is 14.4. The van der Waals surface area contributed by atoms with Gasteiger partial charge in [-0.15, -0.1) is 11.3 Å². The number of thiazole rings is 1. The zero-order valence-electron chi connectivity index (χ0n) is 20.7. The predicted molar refractivity (Wildman–Crippen MR) is 139 cm³/mol. The van der Waals surface area contributed by atoms with E-state index in [2.05, 4.69) is 14.9 Å². The van der Waals surface area contributed by atoms with Crippen molar-refractivity contribution >= 4 is 32.9 Å². The van der Waals surface area contributed by atoms with Gasteiger partial charge in [0.1, 0.15) is 17.4 Å². The maximum Gasteiger partial charge on any atom is 0.302 e. The summed E-state index contributed by atoms with van der Waals surface area (Å²) >= 11 is 1.12. The van der Waals surface area contributed by atoms with Crippen LogP contribution in [-0.4, -0.2) is 87.6 Å². The average molecular weight is 561 g/mol. The first-order chi connectivity index (χ1) is 18.0. The number of likely N-dealkylation sites (N-methyl/N-ethyl adjacent to an activating group) is 1. The summed E-state index contributed by atoms with van der Waals surface area (Å²) in [5, 5.41) is 10.9. The lowest BCUT2D eigenvalue weighted by Gasteiger charge is -2.32. The molecule has 1 N–H and O–H groups in total. The number of imidazole rings is 1. The highest BCUT2D eigenvalue weighted by atomic mass is 32.2. The molecule has 3 aromatic heterocycles. The van der Waals surface area contributed by atoms with Gasteiger partial charge >= 0.3 is 5.56 Å². The number of carbonyl (C=O) groups is 1. The second kappa shape index (κ2) is 9.93. The summed E-state index contributed by atoms with van der Waals surface area (Å²) in [6.07, 6.45) is 5.67. The minimum atomic E-state index is -3.67. The molecule has 1 aromatic carbocycles. The molecular formula is C24H25FN6O5S2. The molecule has 11 nitrogen and oxygen atoms in total. The summed E-state index contributed by atoms with van der Waals surface area (Å²) in [4.78, 5) is 38.9. The fraction of sp³-hybridized carbons (Fsp3) is 0.333. The minimum Gasteiger partial charge on any atom is -0.501 e. The molecular weight excluding hydrogens is 535 g/mol. The van der Waals surface area contributed by atoms with Gasteiger partial charge in [0.05, 0.1) is 4.90 Å². The Kier molecular flexibility index (Phi) is 6.79. The van der Waals surface area contributed by atoms with Crippen molar-refractivity contribution in [2.24, 2.45) is 0 Å². The molecule has 4 aromatic rings. The van der Waals surface area contributed by atoms with E-state index in [-0.39, 0.29) is 40.2 Å². The van der Waals surface area contributed by atoms with Crippen LogP contribution in [0.3, 0.4) is 0 Å². The summed E-state index contributed by atoms with van der Waals surface area (Å²) in [6, 6.07) is 3.57.